The molecule has 0 saturated heterocycles. The Morgan fingerprint density at radius 3 is 2.82 bits per heavy atom. The summed E-state index contributed by atoms with van der Waals surface area (Å²) < 4.78 is 35.6. The lowest BCUT2D eigenvalue weighted by Crippen LogP contribution is -2.23. The van der Waals surface area contributed by atoms with Crippen LogP contribution in [0.5, 0.6) is 11.5 Å². The van der Waals surface area contributed by atoms with Gasteiger partial charge in [-0.05, 0) is 34.2 Å². The Balaban J connectivity index is 1.76. The van der Waals surface area contributed by atoms with E-state index in [2.05, 4.69) is 25.6 Å². The average molecular weight is 410 g/mol. The smallest absolute Gasteiger partial charge is 0.387 e. The largest absolute Gasteiger partial charge is 0.496 e. The molecule has 2 aromatic carbocycles. The number of ether oxygens (including phenoxy) is 2. The molecule has 1 aromatic heterocycles. The van der Waals surface area contributed by atoms with Gasteiger partial charge in [0.15, 0.2) is 0 Å². The van der Waals surface area contributed by atoms with Gasteiger partial charge in [0.25, 0.3) is 5.91 Å². The molecule has 3 aromatic rings. The standard InChI is InChI=1S/C17H14ClF2N5O3/c1-27-15-7-14(25-9-22-23-24-25)13(18)6-12(15)16(26)21-8-10-3-2-4-11(5-10)28-17(19)20/h2-7,9,17H,8H2,1H3,(H,21,26). The van der Waals surface area contributed by atoms with Gasteiger partial charge in [-0.1, -0.05) is 23.7 Å². The summed E-state index contributed by atoms with van der Waals surface area (Å²) in [6.45, 7) is -2.83. The molecule has 0 unspecified atom stereocenters. The van der Waals surface area contributed by atoms with Crippen molar-refractivity contribution in [3.63, 3.8) is 0 Å². The Morgan fingerprint density at radius 2 is 2.14 bits per heavy atom. The number of hydrogen-bond acceptors (Lipinski definition) is 6. The van der Waals surface area contributed by atoms with E-state index in [0.717, 1.165) is 0 Å². The van der Waals surface area contributed by atoms with Crippen LogP contribution < -0.4 is 14.8 Å². The summed E-state index contributed by atoms with van der Waals surface area (Å²) >= 11 is 6.24. The minimum Gasteiger partial charge on any atom is -0.496 e. The lowest BCUT2D eigenvalue weighted by Gasteiger charge is -2.13. The van der Waals surface area contributed by atoms with Gasteiger partial charge in [0.05, 0.1) is 23.4 Å². The molecule has 3 rings (SSSR count). The molecule has 0 aliphatic carbocycles. The maximum Gasteiger partial charge on any atom is 0.387 e. The van der Waals surface area contributed by atoms with Gasteiger partial charge in [0, 0.05) is 12.6 Å². The molecule has 11 heteroatoms. The number of benzene rings is 2. The summed E-state index contributed by atoms with van der Waals surface area (Å²) in [5, 5.41) is 13.8. The molecular weight excluding hydrogens is 396 g/mol. The van der Waals surface area contributed by atoms with Crippen LogP contribution in [0.15, 0.2) is 42.7 Å². The van der Waals surface area contributed by atoms with Crippen LogP contribution in [0.3, 0.4) is 0 Å². The third-order valence-corrected chi connectivity index (χ3v) is 3.99. The van der Waals surface area contributed by atoms with Gasteiger partial charge in [-0.2, -0.15) is 13.5 Å². The Kier molecular flexibility index (Phi) is 5.99. The normalized spacial score (nSPS) is 10.8. The predicted octanol–water partition coefficient (Wildman–Crippen LogP) is 2.86. The van der Waals surface area contributed by atoms with Crippen LogP contribution in [0.2, 0.25) is 5.02 Å². The topological polar surface area (TPSA) is 91.2 Å². The third-order valence-electron chi connectivity index (χ3n) is 3.69. The first-order valence-corrected chi connectivity index (χ1v) is 8.28. The Bertz CT molecular complexity index is 969. The van der Waals surface area contributed by atoms with Gasteiger partial charge in [0.2, 0.25) is 0 Å². The molecule has 1 heterocycles. The number of nitrogens with one attached hydrogen (secondary N) is 1. The summed E-state index contributed by atoms with van der Waals surface area (Å²) in [4.78, 5) is 12.6. The number of halogens is 3. The average Bonchev–Trinajstić information content (AvgIpc) is 3.20. The molecule has 0 saturated carbocycles. The van der Waals surface area contributed by atoms with Crippen LogP contribution in [0.25, 0.3) is 5.69 Å². The van der Waals surface area contributed by atoms with Crippen molar-refractivity contribution >= 4 is 17.5 Å². The van der Waals surface area contributed by atoms with Crippen LogP contribution in [-0.4, -0.2) is 39.8 Å². The van der Waals surface area contributed by atoms with Gasteiger partial charge in [-0.25, -0.2) is 0 Å². The highest BCUT2D eigenvalue weighted by atomic mass is 35.5. The van der Waals surface area contributed by atoms with E-state index in [-0.39, 0.29) is 28.6 Å². The second kappa shape index (κ2) is 8.61. The van der Waals surface area contributed by atoms with Crippen LogP contribution in [-0.2, 0) is 6.54 Å². The van der Waals surface area contributed by atoms with E-state index in [0.29, 0.717) is 11.3 Å². The Morgan fingerprint density at radius 1 is 1.32 bits per heavy atom. The molecule has 28 heavy (non-hydrogen) atoms. The zero-order valence-corrected chi connectivity index (χ0v) is 15.2. The zero-order chi connectivity index (χ0) is 20.1. The van der Waals surface area contributed by atoms with E-state index in [9.17, 15) is 13.6 Å². The van der Waals surface area contributed by atoms with Crippen LogP contribution in [0.1, 0.15) is 15.9 Å². The first-order valence-electron chi connectivity index (χ1n) is 7.90. The van der Waals surface area contributed by atoms with E-state index in [4.69, 9.17) is 16.3 Å². The summed E-state index contributed by atoms with van der Waals surface area (Å²) in [6.07, 6.45) is 1.36. The van der Waals surface area contributed by atoms with Gasteiger partial charge in [-0.3, -0.25) is 4.79 Å². The molecule has 0 spiro atoms. The molecule has 8 nitrogen and oxygen atoms in total. The third kappa shape index (κ3) is 4.52. The van der Waals surface area contributed by atoms with Crippen molar-refractivity contribution in [2.75, 3.05) is 7.11 Å². The highest BCUT2D eigenvalue weighted by Crippen LogP contribution is 2.29. The molecule has 0 atom stereocenters. The fraction of sp³-hybridized carbons (Fsp3) is 0.176. The second-order valence-electron chi connectivity index (χ2n) is 5.47. The zero-order valence-electron chi connectivity index (χ0n) is 14.5. The van der Waals surface area contributed by atoms with Gasteiger partial charge < -0.3 is 14.8 Å². The van der Waals surface area contributed by atoms with Gasteiger partial charge >= 0.3 is 6.61 Å². The van der Waals surface area contributed by atoms with Crippen LogP contribution >= 0.6 is 11.6 Å². The van der Waals surface area contributed by atoms with Crippen molar-refractivity contribution in [2.45, 2.75) is 13.2 Å². The first-order chi connectivity index (χ1) is 13.5. The number of carbonyl (C=O) groups excluding carboxylic acids is 1. The minimum atomic E-state index is -2.92. The highest BCUT2D eigenvalue weighted by molar-refractivity contribution is 6.33. The monoisotopic (exact) mass is 409 g/mol. The van der Waals surface area contributed by atoms with Gasteiger partial charge in [-0.15, -0.1) is 5.10 Å². The number of aromatic nitrogens is 4. The maximum atomic E-state index is 12.6. The summed E-state index contributed by atoms with van der Waals surface area (Å²) in [7, 11) is 1.41. The van der Waals surface area contributed by atoms with E-state index < -0.39 is 12.5 Å². The predicted molar refractivity (Wildman–Crippen MR) is 95.0 cm³/mol. The molecular formula is C17H14ClF2N5O3. The molecule has 0 radical (unpaired) electrons. The number of amides is 1. The Hall–Kier alpha value is -3.27. The highest BCUT2D eigenvalue weighted by Gasteiger charge is 2.17. The summed E-state index contributed by atoms with van der Waals surface area (Å²) in [5.74, 6) is -0.183. The number of methoxy groups -OCH3 is 1. The molecule has 0 bridgehead atoms. The molecule has 1 N–H and O–H groups in total. The quantitative estimate of drug-likeness (QED) is 0.645. The molecule has 146 valence electrons. The number of alkyl halides is 2. The van der Waals surface area contributed by atoms with Crippen LogP contribution in [0, 0.1) is 0 Å². The lowest BCUT2D eigenvalue weighted by atomic mass is 10.1. The molecule has 0 aliphatic rings. The summed E-state index contributed by atoms with van der Waals surface area (Å²) in [6, 6.07) is 9.00. The number of nitrogens with zero attached hydrogens (tertiary/aromatic N) is 4. The molecule has 0 fully saturated rings. The summed E-state index contributed by atoms with van der Waals surface area (Å²) in [5.41, 5.74) is 1.23. The fourth-order valence-electron chi connectivity index (χ4n) is 2.45. The number of hydrogen-bond donors (Lipinski definition) is 1. The Labute approximate surface area is 163 Å². The minimum absolute atomic E-state index is 0.00756. The van der Waals surface area contributed by atoms with Crippen LogP contribution in [0.4, 0.5) is 8.78 Å². The fourth-order valence-corrected chi connectivity index (χ4v) is 2.70. The van der Waals surface area contributed by atoms with E-state index >= 15 is 0 Å². The SMILES string of the molecule is COc1cc(-n2cnnn2)c(Cl)cc1C(=O)NCc1cccc(OC(F)F)c1. The van der Waals surface area contributed by atoms with Crippen molar-refractivity contribution in [2.24, 2.45) is 0 Å². The first kappa shape index (κ1) is 19.5. The van der Waals surface area contributed by atoms with Crippen molar-refractivity contribution in [1.82, 2.24) is 25.5 Å². The van der Waals surface area contributed by atoms with Gasteiger partial charge in [0.1, 0.15) is 17.8 Å². The van der Waals surface area contributed by atoms with Crippen molar-refractivity contribution in [3.05, 3.63) is 58.9 Å². The maximum absolute atomic E-state index is 12.6. The number of carbonyl (C=O) groups is 1. The molecule has 0 aliphatic heterocycles. The number of rotatable bonds is 7. The van der Waals surface area contributed by atoms with Crippen molar-refractivity contribution in [1.29, 1.82) is 0 Å². The lowest BCUT2D eigenvalue weighted by molar-refractivity contribution is -0.0498. The second-order valence-corrected chi connectivity index (χ2v) is 5.87. The van der Waals surface area contributed by atoms with Crippen molar-refractivity contribution in [3.8, 4) is 17.2 Å². The number of tetrazole rings is 1. The molecule has 1 amide bonds. The van der Waals surface area contributed by atoms with E-state index in [1.54, 1.807) is 12.1 Å². The van der Waals surface area contributed by atoms with E-state index in [1.807, 2.05) is 0 Å². The van der Waals surface area contributed by atoms with E-state index in [1.165, 1.54) is 42.4 Å². The van der Waals surface area contributed by atoms with Crippen molar-refractivity contribution < 1.29 is 23.0 Å².